The van der Waals surface area contributed by atoms with Crippen LogP contribution in [-0.4, -0.2) is 21.0 Å². The summed E-state index contributed by atoms with van der Waals surface area (Å²) in [5.74, 6) is -0.0467. The molecule has 8 nitrogen and oxygen atoms in total. The van der Waals surface area contributed by atoms with Crippen molar-refractivity contribution in [3.05, 3.63) is 99.1 Å². The summed E-state index contributed by atoms with van der Waals surface area (Å²) in [5.41, 5.74) is 2.46. The molecule has 3 aromatic carbocycles. The molecule has 4 aromatic rings. The summed E-state index contributed by atoms with van der Waals surface area (Å²) >= 11 is 6.96. The molecule has 4 rings (SSSR count). The van der Waals surface area contributed by atoms with Gasteiger partial charge in [-0.2, -0.15) is 0 Å². The van der Waals surface area contributed by atoms with E-state index in [-0.39, 0.29) is 21.6 Å². The van der Waals surface area contributed by atoms with Crippen LogP contribution in [-0.2, 0) is 4.79 Å². The molecule has 0 aliphatic carbocycles. The molecule has 1 unspecified atom stereocenters. The number of anilines is 1. The van der Waals surface area contributed by atoms with E-state index in [4.69, 9.17) is 16.0 Å². The number of aryl methyl sites for hydroxylation is 1. The zero-order valence-corrected chi connectivity index (χ0v) is 18.8. The Hall–Kier alpha value is -3.69. The summed E-state index contributed by atoms with van der Waals surface area (Å²) < 4.78 is 5.82. The van der Waals surface area contributed by atoms with Crippen molar-refractivity contribution in [1.82, 2.24) is 10.2 Å². The van der Waals surface area contributed by atoms with Crippen molar-refractivity contribution in [3.8, 4) is 11.5 Å². The average Bonchev–Trinajstić information content (AvgIpc) is 3.28. The number of benzene rings is 3. The Bertz CT molecular complexity index is 1310. The third kappa shape index (κ3) is 5.21. The fourth-order valence-electron chi connectivity index (χ4n) is 3.12. The predicted octanol–water partition coefficient (Wildman–Crippen LogP) is 6.08. The second-order valence-electron chi connectivity index (χ2n) is 7.01. The fraction of sp³-hybridized carbons (Fsp3) is 0.0870. The lowest BCUT2D eigenvalue weighted by Crippen LogP contribution is -2.19. The van der Waals surface area contributed by atoms with Gasteiger partial charge in [-0.3, -0.25) is 14.9 Å². The first-order valence-corrected chi connectivity index (χ1v) is 11.0. The van der Waals surface area contributed by atoms with E-state index in [0.29, 0.717) is 11.5 Å². The predicted molar refractivity (Wildman–Crippen MR) is 126 cm³/mol. The van der Waals surface area contributed by atoms with Crippen LogP contribution >= 0.6 is 23.4 Å². The van der Waals surface area contributed by atoms with E-state index in [1.165, 1.54) is 18.2 Å². The van der Waals surface area contributed by atoms with Gasteiger partial charge in [0.15, 0.2) is 0 Å². The van der Waals surface area contributed by atoms with E-state index < -0.39 is 16.1 Å². The molecule has 1 N–H and O–H groups in total. The second-order valence-corrected chi connectivity index (χ2v) is 8.47. The standard InChI is InChI=1S/C23H17ClN4O4S/c1-14-7-5-6-10-17(14)22-26-27-23(32-22)33-20(15-8-3-2-4-9-15)21(29)25-16-11-12-18(24)19(13-16)28(30)31/h2-13,20H,1H3,(H,25,29). The van der Waals surface area contributed by atoms with Crippen LogP contribution in [0, 0.1) is 17.0 Å². The number of nitro benzene ring substituents is 1. The molecule has 0 fully saturated rings. The van der Waals surface area contributed by atoms with Crippen LogP contribution in [0.25, 0.3) is 11.5 Å². The van der Waals surface area contributed by atoms with Crippen molar-refractivity contribution in [2.45, 2.75) is 17.4 Å². The molecule has 0 radical (unpaired) electrons. The van der Waals surface area contributed by atoms with Crippen LogP contribution in [0.3, 0.4) is 0 Å². The summed E-state index contributed by atoms with van der Waals surface area (Å²) in [4.78, 5) is 23.8. The lowest BCUT2D eigenvalue weighted by Gasteiger charge is -2.15. The van der Waals surface area contributed by atoms with Crippen molar-refractivity contribution in [1.29, 1.82) is 0 Å². The highest BCUT2D eigenvalue weighted by Crippen LogP contribution is 2.37. The number of carbonyl (C=O) groups is 1. The van der Waals surface area contributed by atoms with Crippen LogP contribution in [0.2, 0.25) is 5.02 Å². The van der Waals surface area contributed by atoms with Crippen LogP contribution in [0.1, 0.15) is 16.4 Å². The normalized spacial score (nSPS) is 11.7. The van der Waals surface area contributed by atoms with Gasteiger partial charge in [0.1, 0.15) is 10.3 Å². The molecule has 0 spiro atoms. The summed E-state index contributed by atoms with van der Waals surface area (Å²) in [6.45, 7) is 1.94. The third-order valence-electron chi connectivity index (χ3n) is 4.75. The maximum atomic E-state index is 13.2. The second kappa shape index (κ2) is 9.85. The molecule has 1 heterocycles. The Morgan fingerprint density at radius 1 is 1.09 bits per heavy atom. The van der Waals surface area contributed by atoms with Crippen LogP contribution < -0.4 is 5.32 Å². The highest BCUT2D eigenvalue weighted by Gasteiger charge is 2.26. The van der Waals surface area contributed by atoms with Gasteiger partial charge in [0.05, 0.1) is 4.92 Å². The topological polar surface area (TPSA) is 111 Å². The first-order chi connectivity index (χ1) is 15.9. The number of rotatable bonds is 7. The molecule has 10 heteroatoms. The van der Waals surface area contributed by atoms with Gasteiger partial charge in [0.25, 0.3) is 10.9 Å². The van der Waals surface area contributed by atoms with Gasteiger partial charge in [-0.15, -0.1) is 10.2 Å². The van der Waals surface area contributed by atoms with Crippen molar-refractivity contribution in [3.63, 3.8) is 0 Å². The smallest absolute Gasteiger partial charge is 0.289 e. The Morgan fingerprint density at radius 2 is 1.82 bits per heavy atom. The lowest BCUT2D eigenvalue weighted by molar-refractivity contribution is -0.384. The molecule has 0 saturated heterocycles. The van der Waals surface area contributed by atoms with Gasteiger partial charge in [0.2, 0.25) is 11.8 Å². The van der Waals surface area contributed by atoms with Gasteiger partial charge >= 0.3 is 0 Å². The minimum Gasteiger partial charge on any atom is -0.411 e. The zero-order chi connectivity index (χ0) is 23.4. The summed E-state index contributed by atoms with van der Waals surface area (Å²) in [6, 6.07) is 20.8. The van der Waals surface area contributed by atoms with E-state index in [9.17, 15) is 14.9 Å². The number of nitrogens with one attached hydrogen (secondary N) is 1. The maximum absolute atomic E-state index is 13.2. The quantitative estimate of drug-likeness (QED) is 0.194. The lowest BCUT2D eigenvalue weighted by atomic mass is 10.1. The van der Waals surface area contributed by atoms with Crippen molar-refractivity contribution in [2.24, 2.45) is 0 Å². The molecule has 1 atom stereocenters. The molecule has 0 aliphatic heterocycles. The molecule has 0 aliphatic rings. The summed E-state index contributed by atoms with van der Waals surface area (Å²) in [6.07, 6.45) is 0. The molecule has 0 saturated carbocycles. The number of nitrogens with zero attached hydrogens (tertiary/aromatic N) is 3. The number of aromatic nitrogens is 2. The number of hydrogen-bond donors (Lipinski definition) is 1. The molecule has 33 heavy (non-hydrogen) atoms. The number of carbonyl (C=O) groups excluding carboxylic acids is 1. The minimum atomic E-state index is -0.744. The molecular weight excluding hydrogens is 464 g/mol. The summed E-state index contributed by atoms with van der Waals surface area (Å²) in [5, 5.41) is 21.6. The minimum absolute atomic E-state index is 0.0124. The number of nitro groups is 1. The largest absolute Gasteiger partial charge is 0.411 e. The third-order valence-corrected chi connectivity index (χ3v) is 6.16. The number of halogens is 1. The van der Waals surface area contributed by atoms with Gasteiger partial charge in [-0.25, -0.2) is 0 Å². The molecule has 1 amide bonds. The zero-order valence-electron chi connectivity index (χ0n) is 17.3. The highest BCUT2D eigenvalue weighted by atomic mass is 35.5. The van der Waals surface area contributed by atoms with E-state index >= 15 is 0 Å². The maximum Gasteiger partial charge on any atom is 0.289 e. The Balaban J connectivity index is 1.60. The number of hydrogen-bond acceptors (Lipinski definition) is 7. The van der Waals surface area contributed by atoms with E-state index in [1.807, 2.05) is 49.4 Å². The number of amides is 1. The van der Waals surface area contributed by atoms with Crippen LogP contribution in [0.5, 0.6) is 0 Å². The van der Waals surface area contributed by atoms with Crippen molar-refractivity contribution < 1.29 is 14.1 Å². The monoisotopic (exact) mass is 480 g/mol. The molecule has 1 aromatic heterocycles. The van der Waals surface area contributed by atoms with Crippen LogP contribution in [0.15, 0.2) is 82.4 Å². The van der Waals surface area contributed by atoms with E-state index in [1.54, 1.807) is 12.1 Å². The number of thioether (sulfide) groups is 1. The van der Waals surface area contributed by atoms with Gasteiger partial charge in [-0.05, 0) is 48.0 Å². The first-order valence-electron chi connectivity index (χ1n) is 9.78. The highest BCUT2D eigenvalue weighted by molar-refractivity contribution is 8.00. The molecule has 166 valence electrons. The Morgan fingerprint density at radius 3 is 2.55 bits per heavy atom. The van der Waals surface area contributed by atoms with Gasteiger partial charge < -0.3 is 9.73 Å². The van der Waals surface area contributed by atoms with E-state index in [2.05, 4.69) is 15.5 Å². The van der Waals surface area contributed by atoms with Crippen molar-refractivity contribution in [2.75, 3.05) is 5.32 Å². The Labute approximate surface area is 198 Å². The van der Waals surface area contributed by atoms with Crippen molar-refractivity contribution >= 4 is 40.6 Å². The molecular formula is C23H17ClN4O4S. The SMILES string of the molecule is Cc1ccccc1-c1nnc(SC(C(=O)Nc2ccc(Cl)c([N+](=O)[O-])c2)c2ccccc2)o1. The van der Waals surface area contributed by atoms with Gasteiger partial charge in [0, 0.05) is 17.3 Å². The fourth-order valence-corrected chi connectivity index (χ4v) is 4.18. The van der Waals surface area contributed by atoms with Gasteiger partial charge in [-0.1, -0.05) is 60.1 Å². The first kappa shape index (κ1) is 22.5. The van der Waals surface area contributed by atoms with Crippen LogP contribution in [0.4, 0.5) is 11.4 Å². The summed E-state index contributed by atoms with van der Waals surface area (Å²) in [7, 11) is 0. The average molecular weight is 481 g/mol. The molecule has 0 bridgehead atoms. The Kier molecular flexibility index (Phi) is 6.71. The van der Waals surface area contributed by atoms with E-state index in [0.717, 1.165) is 22.9 Å².